The molecule has 1 aromatic heterocycles. The van der Waals surface area contributed by atoms with Crippen LogP contribution in [-0.2, 0) is 14.3 Å². The smallest absolute Gasteiger partial charge is 0.338 e. The van der Waals surface area contributed by atoms with Crippen molar-refractivity contribution in [3.63, 3.8) is 0 Å². The van der Waals surface area contributed by atoms with Crippen LogP contribution in [0.3, 0.4) is 0 Å². The minimum atomic E-state index is -0.767. The second kappa shape index (κ2) is 13.3. The van der Waals surface area contributed by atoms with Crippen molar-refractivity contribution in [2.45, 2.75) is 13.0 Å². The third kappa shape index (κ3) is 6.97. The zero-order chi connectivity index (χ0) is 28.8. The first-order valence-electron chi connectivity index (χ1n) is 13.1. The van der Waals surface area contributed by atoms with E-state index >= 15 is 0 Å². The number of piperazine rings is 1. The monoisotopic (exact) mass is 642 g/mol. The van der Waals surface area contributed by atoms with Crippen molar-refractivity contribution in [1.29, 1.82) is 0 Å². The lowest BCUT2D eigenvalue weighted by atomic mass is 9.95. The van der Waals surface area contributed by atoms with Gasteiger partial charge in [0, 0.05) is 42.9 Å². The molecule has 10 nitrogen and oxygen atoms in total. The number of hydrogen-bond acceptors (Lipinski definition) is 10. The maximum atomic E-state index is 14.0. The fourth-order valence-corrected chi connectivity index (χ4v) is 5.71. The Hall–Kier alpha value is -3.68. The molecule has 41 heavy (non-hydrogen) atoms. The summed E-state index contributed by atoms with van der Waals surface area (Å²) in [6, 6.07) is 12.8. The number of rotatable bonds is 9. The highest BCUT2D eigenvalue weighted by atomic mass is 79.9. The lowest BCUT2D eigenvalue weighted by Crippen LogP contribution is -2.51. The highest BCUT2D eigenvalue weighted by Gasteiger charge is 2.35. The Labute approximate surface area is 249 Å². The quantitative estimate of drug-likeness (QED) is 0.353. The number of amides is 1. The minimum absolute atomic E-state index is 0.0281. The number of carbonyl (C=O) groups excluding carboxylic acids is 2. The second-order valence-corrected chi connectivity index (χ2v) is 11.0. The zero-order valence-corrected chi connectivity index (χ0v) is 24.7. The van der Waals surface area contributed by atoms with Gasteiger partial charge in [-0.15, -0.1) is 10.2 Å². The molecule has 3 aromatic rings. The van der Waals surface area contributed by atoms with Crippen molar-refractivity contribution in [2.75, 3.05) is 45.9 Å². The first kappa shape index (κ1) is 28.8. The van der Waals surface area contributed by atoms with Gasteiger partial charge in [-0.2, -0.15) is 0 Å². The molecular formula is C28H28BrFN6O4S. The zero-order valence-electron chi connectivity index (χ0n) is 22.3. The number of esters is 1. The fraction of sp³-hybridized carbons (Fsp3) is 0.321. The Morgan fingerprint density at radius 1 is 1.15 bits per heavy atom. The summed E-state index contributed by atoms with van der Waals surface area (Å²) >= 11 is 4.76. The van der Waals surface area contributed by atoms with Crippen LogP contribution >= 0.6 is 27.3 Å². The van der Waals surface area contributed by atoms with Gasteiger partial charge in [0.25, 0.3) is 5.91 Å². The van der Waals surface area contributed by atoms with Crippen LogP contribution in [0.5, 0.6) is 5.75 Å². The molecule has 0 saturated carbocycles. The Balaban J connectivity index is 1.36. The largest absolute Gasteiger partial charge is 0.484 e. The highest BCUT2D eigenvalue weighted by Crippen LogP contribution is 2.37. The molecule has 214 valence electrons. The molecule has 0 radical (unpaired) electrons. The van der Waals surface area contributed by atoms with Crippen LogP contribution in [0.1, 0.15) is 23.5 Å². The van der Waals surface area contributed by atoms with Gasteiger partial charge in [0.2, 0.25) is 0 Å². The van der Waals surface area contributed by atoms with Crippen molar-refractivity contribution < 1.29 is 23.5 Å². The van der Waals surface area contributed by atoms with Crippen LogP contribution in [0.15, 0.2) is 74.8 Å². The minimum Gasteiger partial charge on any atom is -0.484 e. The van der Waals surface area contributed by atoms with Gasteiger partial charge in [-0.1, -0.05) is 51.5 Å². The molecule has 2 aliphatic rings. The molecule has 0 bridgehead atoms. The fourth-order valence-electron chi connectivity index (χ4n) is 4.63. The molecule has 1 fully saturated rings. The molecule has 5 rings (SSSR count). The number of benzene rings is 2. The van der Waals surface area contributed by atoms with Gasteiger partial charge < -0.3 is 19.7 Å². The molecule has 1 atom stereocenters. The molecule has 0 spiro atoms. The molecule has 1 N–H and O–H groups in total. The lowest BCUT2D eigenvalue weighted by Gasteiger charge is -2.36. The number of nitrogens with zero attached hydrogens (tertiary/aromatic N) is 5. The van der Waals surface area contributed by atoms with Crippen LogP contribution in [0.2, 0.25) is 0 Å². The van der Waals surface area contributed by atoms with E-state index in [4.69, 9.17) is 14.5 Å². The van der Waals surface area contributed by atoms with Gasteiger partial charge in [-0.3, -0.25) is 14.7 Å². The molecule has 1 saturated heterocycles. The van der Waals surface area contributed by atoms with Crippen LogP contribution < -0.4 is 10.1 Å². The average molecular weight is 644 g/mol. The maximum Gasteiger partial charge on any atom is 0.338 e. The summed E-state index contributed by atoms with van der Waals surface area (Å²) in [5, 5.41) is 11.9. The van der Waals surface area contributed by atoms with Crippen molar-refractivity contribution in [1.82, 2.24) is 25.3 Å². The average Bonchev–Trinajstić information content (AvgIpc) is 3.52. The first-order chi connectivity index (χ1) is 19.9. The Kier molecular flexibility index (Phi) is 9.37. The van der Waals surface area contributed by atoms with Crippen molar-refractivity contribution in [3.05, 3.63) is 86.2 Å². The summed E-state index contributed by atoms with van der Waals surface area (Å²) in [5.41, 5.74) is 3.16. The van der Waals surface area contributed by atoms with E-state index in [1.807, 2.05) is 30.3 Å². The number of nitrogens with one attached hydrogen (secondary N) is 1. The van der Waals surface area contributed by atoms with Crippen molar-refractivity contribution >= 4 is 45.0 Å². The molecule has 2 aromatic carbocycles. The Morgan fingerprint density at radius 3 is 2.61 bits per heavy atom. The van der Waals surface area contributed by atoms with Crippen LogP contribution in [0.25, 0.3) is 0 Å². The van der Waals surface area contributed by atoms with E-state index in [9.17, 15) is 14.0 Å². The summed E-state index contributed by atoms with van der Waals surface area (Å²) in [4.78, 5) is 34.8. The standard InChI is InChI=1S/C28H28BrFN6O4S/c1-2-39-28(38)24-22(15-35-10-12-36(13-11-35)23(37)16-40-19-6-4-3-5-7-19)32-26(27-34-31-17-41-27)33-25(24)20-9-8-18(30)14-21(20)29/h3-9,14,17,25H,2,10-13,15-16H2,1H3,(H,32,33). The second-order valence-electron chi connectivity index (χ2n) is 9.29. The number of amidine groups is 1. The number of hydrogen-bond donors (Lipinski definition) is 1. The summed E-state index contributed by atoms with van der Waals surface area (Å²) in [7, 11) is 0. The molecule has 13 heteroatoms. The number of ether oxygens (including phenoxy) is 2. The molecule has 1 amide bonds. The SMILES string of the molecule is CCOC(=O)C1=C(CN2CCN(C(=O)COc3ccccc3)CC2)NC(c2nncs2)=NC1c1ccc(F)cc1Br. The molecule has 2 aliphatic heterocycles. The van der Waals surface area contributed by atoms with Crippen LogP contribution in [0, 0.1) is 5.82 Å². The van der Waals surface area contributed by atoms with Gasteiger partial charge in [0.15, 0.2) is 17.5 Å². The number of aromatic nitrogens is 2. The van der Waals surface area contributed by atoms with Gasteiger partial charge in [0.1, 0.15) is 23.1 Å². The molecular weight excluding hydrogens is 615 g/mol. The lowest BCUT2D eigenvalue weighted by molar-refractivity contribution is -0.139. The van der Waals surface area contributed by atoms with E-state index in [1.165, 1.54) is 23.5 Å². The predicted molar refractivity (Wildman–Crippen MR) is 155 cm³/mol. The molecule has 3 heterocycles. The van der Waals surface area contributed by atoms with E-state index < -0.39 is 17.8 Å². The number of carbonyl (C=O) groups is 2. The van der Waals surface area contributed by atoms with Crippen molar-refractivity contribution in [3.8, 4) is 5.75 Å². The van der Waals surface area contributed by atoms with Gasteiger partial charge in [-0.05, 0) is 36.8 Å². The third-order valence-corrected chi connectivity index (χ3v) is 8.04. The van der Waals surface area contributed by atoms with Crippen LogP contribution in [-0.4, -0.2) is 83.6 Å². The summed E-state index contributed by atoms with van der Waals surface area (Å²) < 4.78 is 25.5. The number of aliphatic imine (C=N–C) groups is 1. The summed E-state index contributed by atoms with van der Waals surface area (Å²) in [6.45, 7) is 4.50. The third-order valence-electron chi connectivity index (χ3n) is 6.65. The van der Waals surface area contributed by atoms with Gasteiger partial charge in [0.05, 0.1) is 12.2 Å². The topological polar surface area (TPSA) is 109 Å². The number of para-hydroxylation sites is 1. The van der Waals surface area contributed by atoms with E-state index in [0.717, 1.165) is 0 Å². The van der Waals surface area contributed by atoms with Gasteiger partial charge >= 0.3 is 5.97 Å². The van der Waals surface area contributed by atoms with E-state index in [2.05, 4.69) is 36.3 Å². The predicted octanol–water partition coefficient (Wildman–Crippen LogP) is 3.57. The first-order valence-corrected chi connectivity index (χ1v) is 14.7. The highest BCUT2D eigenvalue weighted by molar-refractivity contribution is 9.10. The molecule has 1 unspecified atom stereocenters. The summed E-state index contributed by atoms with van der Waals surface area (Å²) in [6.07, 6.45) is 0. The van der Waals surface area contributed by atoms with E-state index in [1.54, 1.807) is 23.4 Å². The van der Waals surface area contributed by atoms with E-state index in [-0.39, 0.29) is 19.1 Å². The number of halogens is 2. The van der Waals surface area contributed by atoms with Crippen LogP contribution in [0.4, 0.5) is 4.39 Å². The Bertz CT molecular complexity index is 1450. The van der Waals surface area contributed by atoms with E-state index in [0.29, 0.717) is 70.6 Å². The Morgan fingerprint density at radius 2 is 1.93 bits per heavy atom. The maximum absolute atomic E-state index is 14.0. The molecule has 0 aliphatic carbocycles. The van der Waals surface area contributed by atoms with Gasteiger partial charge in [-0.25, -0.2) is 9.18 Å². The summed E-state index contributed by atoms with van der Waals surface area (Å²) in [5.74, 6) is 0.109. The van der Waals surface area contributed by atoms with Crippen molar-refractivity contribution in [2.24, 2.45) is 4.99 Å². The normalized spacial score (nSPS) is 17.6.